The first kappa shape index (κ1) is 48.4. The molecule has 0 atom stereocenters. The Morgan fingerprint density at radius 3 is 1.07 bits per heavy atom. The molecule has 6 heteroatoms. The highest BCUT2D eigenvalue weighted by Crippen LogP contribution is 2.42. The van der Waals surface area contributed by atoms with Crippen LogP contribution in [0.4, 0.5) is 0 Å². The van der Waals surface area contributed by atoms with Crippen molar-refractivity contribution in [2.75, 3.05) is 19.8 Å². The Balaban J connectivity index is 2.08. The number of nitrogens with two attached hydrogens (primary N) is 1. The van der Waals surface area contributed by atoms with Gasteiger partial charge in [0.05, 0.1) is 19.8 Å². The Kier molecular flexibility index (Phi) is 30.4. The summed E-state index contributed by atoms with van der Waals surface area (Å²) in [6, 6.07) is 11.7. The molecule has 0 heterocycles. The number of rotatable bonds is 38. The average Bonchev–Trinajstić information content (AvgIpc) is 3.21. The zero-order chi connectivity index (χ0) is 39.4. The average molecular weight is 765 g/mol. The third-order valence-corrected chi connectivity index (χ3v) is 10.9. The lowest BCUT2D eigenvalue weighted by molar-refractivity contribution is 0.0953. The van der Waals surface area contributed by atoms with Crippen molar-refractivity contribution in [1.82, 2.24) is 5.43 Å². The summed E-state index contributed by atoms with van der Waals surface area (Å²) in [5.74, 6) is 7.33. The Labute approximate surface area is 338 Å². The summed E-state index contributed by atoms with van der Waals surface area (Å²) in [7, 11) is 0. The van der Waals surface area contributed by atoms with Crippen molar-refractivity contribution in [1.29, 1.82) is 0 Å². The maximum atomic E-state index is 12.1. The summed E-state index contributed by atoms with van der Waals surface area (Å²) in [6.45, 7) is 8.80. The molecule has 0 spiro atoms. The van der Waals surface area contributed by atoms with Gasteiger partial charge in [0, 0.05) is 5.56 Å². The summed E-state index contributed by atoms with van der Waals surface area (Å²) in [6.07, 6.45) is 38.7. The largest absolute Gasteiger partial charge is 0.490 e. The van der Waals surface area contributed by atoms with Crippen molar-refractivity contribution in [3.05, 3.63) is 42.0 Å². The second kappa shape index (κ2) is 34.5. The quantitative estimate of drug-likeness (QED) is 0.0308. The zero-order valence-corrected chi connectivity index (χ0v) is 36.0. The normalized spacial score (nSPS) is 11.2. The minimum Gasteiger partial charge on any atom is -0.490 e. The number of hydrogen-bond donors (Lipinski definition) is 2. The monoisotopic (exact) mass is 765 g/mol. The molecule has 6 nitrogen and oxygen atoms in total. The SMILES string of the molecule is CCCCCCCCCCCCOc1cc(-c2ccc(C(=O)NN)cc2)cc(OCCCCCCCCCCCC)c1OCCCCCCCCCCCC. The van der Waals surface area contributed by atoms with Crippen LogP contribution in [0.1, 0.15) is 224 Å². The van der Waals surface area contributed by atoms with Crippen LogP contribution in [0.25, 0.3) is 11.1 Å². The van der Waals surface area contributed by atoms with Crippen molar-refractivity contribution in [3.8, 4) is 28.4 Å². The van der Waals surface area contributed by atoms with E-state index in [1.165, 1.54) is 173 Å². The minimum absolute atomic E-state index is 0.302. The first-order chi connectivity index (χ1) is 27.1. The molecule has 0 aromatic heterocycles. The summed E-state index contributed by atoms with van der Waals surface area (Å²) >= 11 is 0. The lowest BCUT2D eigenvalue weighted by Crippen LogP contribution is -2.29. The van der Waals surface area contributed by atoms with Gasteiger partial charge in [0.2, 0.25) is 5.75 Å². The van der Waals surface area contributed by atoms with Gasteiger partial charge < -0.3 is 14.2 Å². The highest BCUT2D eigenvalue weighted by atomic mass is 16.5. The summed E-state index contributed by atoms with van der Waals surface area (Å²) < 4.78 is 19.7. The van der Waals surface area contributed by atoms with E-state index in [2.05, 4.69) is 38.3 Å². The van der Waals surface area contributed by atoms with Gasteiger partial charge in [-0.25, -0.2) is 5.84 Å². The molecule has 0 aliphatic heterocycles. The second-order valence-corrected chi connectivity index (χ2v) is 15.9. The second-order valence-electron chi connectivity index (χ2n) is 15.9. The summed E-state index contributed by atoms with van der Waals surface area (Å²) in [4.78, 5) is 12.1. The molecule has 0 aliphatic carbocycles. The number of benzene rings is 2. The molecular formula is C49H84N2O4. The highest BCUT2D eigenvalue weighted by Gasteiger charge is 2.17. The molecule has 2 aromatic rings. The number of hydrazine groups is 1. The van der Waals surface area contributed by atoms with E-state index in [0.717, 1.165) is 47.6 Å². The van der Waals surface area contributed by atoms with E-state index in [9.17, 15) is 4.79 Å². The molecular weight excluding hydrogens is 681 g/mol. The van der Waals surface area contributed by atoms with E-state index in [0.29, 0.717) is 25.4 Å². The van der Waals surface area contributed by atoms with Gasteiger partial charge in [-0.2, -0.15) is 0 Å². The number of nitrogens with one attached hydrogen (secondary N) is 1. The fraction of sp³-hybridized carbons (Fsp3) is 0.735. The van der Waals surface area contributed by atoms with E-state index >= 15 is 0 Å². The predicted octanol–water partition coefficient (Wildman–Crippen LogP) is 14.9. The molecule has 0 aliphatic rings. The Hall–Kier alpha value is -2.73. The third-order valence-electron chi connectivity index (χ3n) is 10.9. The number of amides is 1. The summed E-state index contributed by atoms with van der Waals surface area (Å²) in [5, 5.41) is 0. The molecule has 55 heavy (non-hydrogen) atoms. The first-order valence-corrected chi connectivity index (χ1v) is 23.3. The third kappa shape index (κ3) is 23.8. The van der Waals surface area contributed by atoms with Crippen LogP contribution in [-0.4, -0.2) is 25.7 Å². The maximum Gasteiger partial charge on any atom is 0.265 e. The fourth-order valence-corrected chi connectivity index (χ4v) is 7.30. The molecule has 2 aromatic carbocycles. The van der Waals surface area contributed by atoms with E-state index in [1.807, 2.05) is 24.3 Å². The van der Waals surface area contributed by atoms with Crippen LogP contribution in [-0.2, 0) is 0 Å². The van der Waals surface area contributed by atoms with Gasteiger partial charge in [0.1, 0.15) is 0 Å². The number of unbranched alkanes of at least 4 members (excludes halogenated alkanes) is 27. The van der Waals surface area contributed by atoms with Gasteiger partial charge in [-0.05, 0) is 54.7 Å². The van der Waals surface area contributed by atoms with Crippen LogP contribution in [0.2, 0.25) is 0 Å². The topological polar surface area (TPSA) is 82.8 Å². The molecule has 0 saturated carbocycles. The van der Waals surface area contributed by atoms with Crippen LogP contribution in [0.5, 0.6) is 17.2 Å². The van der Waals surface area contributed by atoms with Gasteiger partial charge in [-0.15, -0.1) is 0 Å². The lowest BCUT2D eigenvalue weighted by Gasteiger charge is -2.19. The van der Waals surface area contributed by atoms with E-state index in [4.69, 9.17) is 20.1 Å². The summed E-state index contributed by atoms with van der Waals surface area (Å²) in [5.41, 5.74) is 4.73. The molecule has 3 N–H and O–H groups in total. The molecule has 0 fully saturated rings. The molecule has 0 radical (unpaired) electrons. The van der Waals surface area contributed by atoms with Gasteiger partial charge in [-0.3, -0.25) is 10.2 Å². The minimum atomic E-state index is -0.302. The van der Waals surface area contributed by atoms with Crippen LogP contribution in [0, 0.1) is 0 Å². The van der Waals surface area contributed by atoms with E-state index in [-0.39, 0.29) is 5.91 Å². The lowest BCUT2D eigenvalue weighted by atomic mass is 10.0. The number of carbonyl (C=O) groups excluding carboxylic acids is 1. The van der Waals surface area contributed by atoms with Crippen molar-refractivity contribution >= 4 is 5.91 Å². The van der Waals surface area contributed by atoms with E-state index in [1.54, 1.807) is 0 Å². The molecule has 2 rings (SSSR count). The number of carbonyl (C=O) groups is 1. The van der Waals surface area contributed by atoms with Crippen LogP contribution >= 0.6 is 0 Å². The van der Waals surface area contributed by atoms with Crippen molar-refractivity contribution in [2.45, 2.75) is 213 Å². The van der Waals surface area contributed by atoms with Gasteiger partial charge in [0.25, 0.3) is 5.91 Å². The molecule has 1 amide bonds. The van der Waals surface area contributed by atoms with Crippen molar-refractivity contribution < 1.29 is 19.0 Å². The van der Waals surface area contributed by atoms with Gasteiger partial charge in [-0.1, -0.05) is 206 Å². The van der Waals surface area contributed by atoms with Crippen molar-refractivity contribution in [2.24, 2.45) is 5.84 Å². The molecule has 0 unspecified atom stereocenters. The van der Waals surface area contributed by atoms with Crippen LogP contribution in [0.15, 0.2) is 36.4 Å². The van der Waals surface area contributed by atoms with Crippen LogP contribution in [0.3, 0.4) is 0 Å². The molecule has 0 bridgehead atoms. The van der Waals surface area contributed by atoms with Crippen molar-refractivity contribution in [3.63, 3.8) is 0 Å². The smallest absolute Gasteiger partial charge is 0.265 e. The Bertz CT molecular complexity index is 1140. The molecule has 314 valence electrons. The predicted molar refractivity (Wildman–Crippen MR) is 236 cm³/mol. The number of nitrogen functional groups attached to an aromatic ring is 1. The standard InChI is InChI=1S/C49H84N2O4/c1-4-7-10-13-16-19-22-25-28-31-38-53-46-41-45(43-34-36-44(37-35-43)49(52)51-50)42-47(54-39-32-29-26-23-20-17-14-11-8-5-2)48(46)55-40-33-30-27-24-21-18-15-12-9-6-3/h34-37,41-42H,4-33,38-40,50H2,1-3H3,(H,51,52). The Morgan fingerprint density at radius 1 is 0.436 bits per heavy atom. The number of hydrogen-bond acceptors (Lipinski definition) is 5. The van der Waals surface area contributed by atoms with Gasteiger partial charge >= 0.3 is 0 Å². The van der Waals surface area contributed by atoms with Crippen LogP contribution < -0.4 is 25.5 Å². The van der Waals surface area contributed by atoms with E-state index < -0.39 is 0 Å². The zero-order valence-electron chi connectivity index (χ0n) is 36.0. The fourth-order valence-electron chi connectivity index (χ4n) is 7.30. The number of ether oxygens (including phenoxy) is 3. The maximum absolute atomic E-state index is 12.1. The first-order valence-electron chi connectivity index (χ1n) is 23.3. The molecule has 0 saturated heterocycles. The highest BCUT2D eigenvalue weighted by molar-refractivity contribution is 5.94. The Morgan fingerprint density at radius 2 is 0.745 bits per heavy atom. The van der Waals surface area contributed by atoms with Gasteiger partial charge in [0.15, 0.2) is 11.5 Å².